The van der Waals surface area contributed by atoms with Crippen molar-refractivity contribution in [2.45, 2.75) is 50.5 Å². The molecule has 1 aliphatic carbocycles. The molecule has 1 aliphatic heterocycles. The molecule has 2 aliphatic rings. The number of hydrogen-bond acceptors (Lipinski definition) is 2. The third-order valence-electron chi connectivity index (χ3n) is 4.15. The Bertz CT molecular complexity index is 167. The summed E-state index contributed by atoms with van der Waals surface area (Å²) in [6.45, 7) is 2.22. The Morgan fingerprint density at radius 1 is 1.14 bits per heavy atom. The third kappa shape index (κ3) is 1.96. The fourth-order valence-electron chi connectivity index (χ4n) is 3.18. The van der Waals surface area contributed by atoms with Gasteiger partial charge in [-0.3, -0.25) is 0 Å². The summed E-state index contributed by atoms with van der Waals surface area (Å²) >= 11 is 0. The molecule has 1 heterocycles. The van der Waals surface area contributed by atoms with E-state index in [4.69, 9.17) is 4.74 Å². The minimum Gasteiger partial charge on any atom is -0.377 e. The molecular formula is C12H23NO. The van der Waals surface area contributed by atoms with Crippen LogP contribution in [-0.4, -0.2) is 25.8 Å². The van der Waals surface area contributed by atoms with Crippen LogP contribution >= 0.6 is 0 Å². The van der Waals surface area contributed by atoms with Crippen LogP contribution in [0.4, 0.5) is 0 Å². The molecule has 0 amide bonds. The average Bonchev–Trinajstić information content (AvgIpc) is 2.54. The standard InChI is InChI=1S/C12H23NO/c1-14-12(8-9-13-10-12)11-6-4-2-3-5-7-11/h11,13H,2-10H2,1H3. The Morgan fingerprint density at radius 2 is 1.86 bits per heavy atom. The topological polar surface area (TPSA) is 21.3 Å². The molecule has 1 unspecified atom stereocenters. The summed E-state index contributed by atoms with van der Waals surface area (Å²) in [4.78, 5) is 0. The van der Waals surface area contributed by atoms with Gasteiger partial charge in [-0.15, -0.1) is 0 Å². The van der Waals surface area contributed by atoms with Crippen molar-refractivity contribution in [1.29, 1.82) is 0 Å². The van der Waals surface area contributed by atoms with E-state index in [0.717, 1.165) is 19.0 Å². The summed E-state index contributed by atoms with van der Waals surface area (Å²) in [5, 5.41) is 3.46. The van der Waals surface area contributed by atoms with Crippen LogP contribution in [0.2, 0.25) is 0 Å². The van der Waals surface area contributed by atoms with Crippen molar-refractivity contribution < 1.29 is 4.74 Å². The van der Waals surface area contributed by atoms with Gasteiger partial charge in [-0.05, 0) is 31.7 Å². The lowest BCUT2D eigenvalue weighted by Gasteiger charge is -2.35. The second-order valence-electron chi connectivity index (χ2n) is 4.88. The van der Waals surface area contributed by atoms with Crippen molar-refractivity contribution in [3.05, 3.63) is 0 Å². The second kappa shape index (κ2) is 4.63. The quantitative estimate of drug-likeness (QED) is 0.686. The smallest absolute Gasteiger partial charge is 0.0842 e. The molecule has 1 saturated heterocycles. The normalized spacial score (nSPS) is 35.8. The summed E-state index contributed by atoms with van der Waals surface area (Å²) in [6, 6.07) is 0. The lowest BCUT2D eigenvalue weighted by atomic mass is 9.81. The molecule has 0 aromatic heterocycles. The zero-order valence-electron chi connectivity index (χ0n) is 9.35. The summed E-state index contributed by atoms with van der Waals surface area (Å²) < 4.78 is 5.83. The van der Waals surface area contributed by atoms with Crippen LogP contribution in [0.3, 0.4) is 0 Å². The molecule has 2 fully saturated rings. The maximum atomic E-state index is 5.83. The number of methoxy groups -OCH3 is 1. The van der Waals surface area contributed by atoms with Crippen molar-refractivity contribution in [3.63, 3.8) is 0 Å². The Morgan fingerprint density at radius 3 is 2.36 bits per heavy atom. The fraction of sp³-hybridized carbons (Fsp3) is 1.00. The van der Waals surface area contributed by atoms with Gasteiger partial charge >= 0.3 is 0 Å². The van der Waals surface area contributed by atoms with E-state index >= 15 is 0 Å². The van der Waals surface area contributed by atoms with Crippen LogP contribution < -0.4 is 5.32 Å². The molecule has 0 aromatic carbocycles. The van der Waals surface area contributed by atoms with Crippen molar-refractivity contribution in [2.24, 2.45) is 5.92 Å². The molecule has 1 atom stereocenters. The van der Waals surface area contributed by atoms with E-state index in [9.17, 15) is 0 Å². The molecule has 0 spiro atoms. The summed E-state index contributed by atoms with van der Waals surface area (Å²) in [5.41, 5.74) is 0.185. The first-order valence-electron chi connectivity index (χ1n) is 6.13. The van der Waals surface area contributed by atoms with E-state index in [1.165, 1.54) is 44.9 Å². The summed E-state index contributed by atoms with van der Waals surface area (Å²) in [7, 11) is 1.90. The Kier molecular flexibility index (Phi) is 3.45. The zero-order chi connectivity index (χ0) is 9.86. The lowest BCUT2D eigenvalue weighted by Crippen LogP contribution is -2.42. The van der Waals surface area contributed by atoms with Gasteiger partial charge in [-0.1, -0.05) is 25.7 Å². The van der Waals surface area contributed by atoms with E-state index in [2.05, 4.69) is 5.32 Å². The molecule has 0 aromatic rings. The molecule has 82 valence electrons. The highest BCUT2D eigenvalue weighted by Gasteiger charge is 2.41. The minimum atomic E-state index is 0.185. The van der Waals surface area contributed by atoms with Crippen molar-refractivity contribution >= 4 is 0 Å². The van der Waals surface area contributed by atoms with Crippen LogP contribution in [0.25, 0.3) is 0 Å². The highest BCUT2D eigenvalue weighted by atomic mass is 16.5. The second-order valence-corrected chi connectivity index (χ2v) is 4.88. The van der Waals surface area contributed by atoms with Crippen LogP contribution in [0, 0.1) is 5.92 Å². The number of ether oxygens (including phenoxy) is 1. The maximum absolute atomic E-state index is 5.83. The van der Waals surface area contributed by atoms with E-state index in [-0.39, 0.29) is 5.60 Å². The van der Waals surface area contributed by atoms with Crippen molar-refractivity contribution in [3.8, 4) is 0 Å². The largest absolute Gasteiger partial charge is 0.377 e. The molecular weight excluding hydrogens is 174 g/mol. The Labute approximate surface area is 87.4 Å². The predicted molar refractivity (Wildman–Crippen MR) is 58.4 cm³/mol. The van der Waals surface area contributed by atoms with Crippen LogP contribution in [-0.2, 0) is 4.74 Å². The van der Waals surface area contributed by atoms with Gasteiger partial charge in [-0.2, -0.15) is 0 Å². The first kappa shape index (κ1) is 10.4. The van der Waals surface area contributed by atoms with Gasteiger partial charge in [0.05, 0.1) is 5.60 Å². The predicted octanol–water partition coefficient (Wildman–Crippen LogP) is 2.34. The Hall–Kier alpha value is -0.0800. The monoisotopic (exact) mass is 197 g/mol. The van der Waals surface area contributed by atoms with Gasteiger partial charge in [0.2, 0.25) is 0 Å². The van der Waals surface area contributed by atoms with Gasteiger partial charge in [0.15, 0.2) is 0 Å². The van der Waals surface area contributed by atoms with Gasteiger partial charge in [0.25, 0.3) is 0 Å². The SMILES string of the molecule is COC1(C2CCCCCC2)CCNC1. The number of rotatable bonds is 2. The molecule has 14 heavy (non-hydrogen) atoms. The van der Waals surface area contributed by atoms with Crippen molar-refractivity contribution in [2.75, 3.05) is 20.2 Å². The zero-order valence-corrected chi connectivity index (χ0v) is 9.35. The Balaban J connectivity index is 2.01. The lowest BCUT2D eigenvalue weighted by molar-refractivity contribution is -0.0471. The third-order valence-corrected chi connectivity index (χ3v) is 4.15. The first-order valence-corrected chi connectivity index (χ1v) is 6.13. The molecule has 0 bridgehead atoms. The van der Waals surface area contributed by atoms with E-state index in [1.54, 1.807) is 0 Å². The summed E-state index contributed by atoms with van der Waals surface area (Å²) in [5.74, 6) is 0.810. The van der Waals surface area contributed by atoms with Crippen molar-refractivity contribution in [1.82, 2.24) is 5.32 Å². The minimum absolute atomic E-state index is 0.185. The molecule has 2 rings (SSSR count). The highest BCUT2D eigenvalue weighted by Crippen LogP contribution is 2.37. The maximum Gasteiger partial charge on any atom is 0.0842 e. The first-order chi connectivity index (χ1) is 6.87. The number of nitrogens with one attached hydrogen (secondary N) is 1. The van der Waals surface area contributed by atoms with Crippen LogP contribution in [0.5, 0.6) is 0 Å². The van der Waals surface area contributed by atoms with Gasteiger partial charge in [0.1, 0.15) is 0 Å². The fourth-order valence-corrected chi connectivity index (χ4v) is 3.18. The highest BCUT2D eigenvalue weighted by molar-refractivity contribution is 4.95. The van der Waals surface area contributed by atoms with Gasteiger partial charge < -0.3 is 10.1 Å². The van der Waals surface area contributed by atoms with E-state index in [0.29, 0.717) is 0 Å². The summed E-state index contributed by atoms with van der Waals surface area (Å²) in [6.07, 6.45) is 9.68. The van der Waals surface area contributed by atoms with Gasteiger partial charge in [-0.25, -0.2) is 0 Å². The molecule has 0 radical (unpaired) electrons. The number of hydrogen-bond donors (Lipinski definition) is 1. The van der Waals surface area contributed by atoms with E-state index in [1.807, 2.05) is 7.11 Å². The van der Waals surface area contributed by atoms with Crippen LogP contribution in [0.1, 0.15) is 44.9 Å². The van der Waals surface area contributed by atoms with E-state index < -0.39 is 0 Å². The molecule has 1 N–H and O–H groups in total. The van der Waals surface area contributed by atoms with Gasteiger partial charge in [0, 0.05) is 13.7 Å². The van der Waals surface area contributed by atoms with Crippen LogP contribution in [0.15, 0.2) is 0 Å². The molecule has 2 heteroatoms. The average molecular weight is 197 g/mol. The molecule has 1 saturated carbocycles. The molecule has 2 nitrogen and oxygen atoms in total.